The van der Waals surface area contributed by atoms with E-state index in [0.29, 0.717) is 12.8 Å². The summed E-state index contributed by atoms with van der Waals surface area (Å²) in [6.45, 7) is 8.55. The quantitative estimate of drug-likeness (QED) is 0.377. The highest BCUT2D eigenvalue weighted by molar-refractivity contribution is 6.14. The number of halogens is 2. The Hall–Kier alpha value is -3.09. The molecule has 2 aromatic carbocycles. The zero-order valence-electron chi connectivity index (χ0n) is 22.4. The van der Waals surface area contributed by atoms with Gasteiger partial charge in [0.2, 0.25) is 11.8 Å². The van der Waals surface area contributed by atoms with Crippen molar-refractivity contribution in [2.75, 3.05) is 13.1 Å². The van der Waals surface area contributed by atoms with Gasteiger partial charge < -0.3 is 0 Å². The largest absolute Gasteiger partial charge is 0.333 e. The van der Waals surface area contributed by atoms with Gasteiger partial charge in [-0.3, -0.25) is 19.4 Å². The number of hydrogen-bond acceptors (Lipinski definition) is 3. The van der Waals surface area contributed by atoms with Crippen LogP contribution in [-0.4, -0.2) is 40.7 Å². The Morgan fingerprint density at radius 1 is 0.622 bits per heavy atom. The fourth-order valence-corrected chi connectivity index (χ4v) is 4.87. The van der Waals surface area contributed by atoms with Crippen molar-refractivity contribution >= 4 is 17.8 Å². The van der Waals surface area contributed by atoms with Crippen LogP contribution in [0.2, 0.25) is 0 Å². The van der Waals surface area contributed by atoms with Crippen LogP contribution < -0.4 is 0 Å². The normalized spacial score (nSPS) is 18.9. The van der Waals surface area contributed by atoms with E-state index >= 15 is 0 Å². The zero-order valence-corrected chi connectivity index (χ0v) is 22.4. The van der Waals surface area contributed by atoms with Gasteiger partial charge in [-0.25, -0.2) is 13.6 Å². The molecule has 0 N–H and O–H groups in total. The van der Waals surface area contributed by atoms with Crippen molar-refractivity contribution in [1.82, 2.24) is 9.80 Å². The minimum atomic E-state index is -0.535. The van der Waals surface area contributed by atoms with Gasteiger partial charge in [0, 0.05) is 13.1 Å². The SMILES string of the molecule is CC.CC.O=C1CC(=O)N(CC2(Cc3ccc(F)cc3)CC2)C(=O)N1CC1(Cc2ccc(F)cc2)CC1. The summed E-state index contributed by atoms with van der Waals surface area (Å²) in [5.41, 5.74) is 1.52. The highest BCUT2D eigenvalue weighted by Gasteiger charge is 2.51. The molecule has 0 atom stereocenters. The lowest BCUT2D eigenvalue weighted by atomic mass is 9.94. The Morgan fingerprint density at radius 2 is 0.946 bits per heavy atom. The third-order valence-electron chi connectivity index (χ3n) is 7.25. The molecule has 0 spiro atoms. The lowest BCUT2D eigenvalue weighted by molar-refractivity contribution is -0.143. The van der Waals surface area contributed by atoms with E-state index in [4.69, 9.17) is 0 Å². The van der Waals surface area contributed by atoms with E-state index in [-0.39, 0.29) is 42.0 Å². The van der Waals surface area contributed by atoms with Gasteiger partial charge in [-0.15, -0.1) is 0 Å². The van der Waals surface area contributed by atoms with Gasteiger partial charge in [0.1, 0.15) is 18.1 Å². The van der Waals surface area contributed by atoms with E-state index < -0.39 is 17.8 Å². The summed E-state index contributed by atoms with van der Waals surface area (Å²) in [7, 11) is 0. The first-order valence-corrected chi connectivity index (χ1v) is 13.4. The summed E-state index contributed by atoms with van der Waals surface area (Å²) in [5, 5.41) is 0. The third kappa shape index (κ3) is 7.02. The van der Waals surface area contributed by atoms with Gasteiger partial charge in [-0.05, 0) is 84.7 Å². The first kappa shape index (κ1) is 28.5. The monoisotopic (exact) mass is 512 g/mol. The van der Waals surface area contributed by atoms with Crippen LogP contribution in [0.1, 0.15) is 70.9 Å². The molecule has 2 aromatic rings. The van der Waals surface area contributed by atoms with Gasteiger partial charge in [0.05, 0.1) is 0 Å². The molecule has 200 valence electrons. The summed E-state index contributed by atoms with van der Waals surface area (Å²) >= 11 is 0. The molecule has 7 heteroatoms. The van der Waals surface area contributed by atoms with Crippen molar-refractivity contribution in [3.63, 3.8) is 0 Å². The van der Waals surface area contributed by atoms with E-state index in [9.17, 15) is 23.2 Å². The Bertz CT molecular complexity index is 1010. The minimum absolute atomic E-state index is 0.208. The highest BCUT2D eigenvalue weighted by atomic mass is 19.1. The molecule has 0 radical (unpaired) electrons. The van der Waals surface area contributed by atoms with E-state index in [2.05, 4.69) is 0 Å². The van der Waals surface area contributed by atoms with Crippen molar-refractivity contribution in [2.45, 2.75) is 72.6 Å². The Labute approximate surface area is 218 Å². The summed E-state index contributed by atoms with van der Waals surface area (Å²) in [6, 6.07) is 12.1. The average molecular weight is 513 g/mol. The summed E-state index contributed by atoms with van der Waals surface area (Å²) in [5.74, 6) is -1.49. The van der Waals surface area contributed by atoms with E-state index in [0.717, 1.165) is 36.8 Å². The van der Waals surface area contributed by atoms with Crippen LogP contribution in [0.5, 0.6) is 0 Å². The number of rotatable bonds is 8. The summed E-state index contributed by atoms with van der Waals surface area (Å²) in [4.78, 5) is 41.0. The van der Waals surface area contributed by atoms with E-state index in [1.807, 2.05) is 27.7 Å². The molecular formula is C30H38F2N2O3. The van der Waals surface area contributed by atoms with Crippen molar-refractivity contribution in [2.24, 2.45) is 10.8 Å². The molecule has 4 amide bonds. The van der Waals surface area contributed by atoms with Crippen LogP contribution in [0, 0.1) is 22.5 Å². The number of urea groups is 1. The molecule has 1 heterocycles. The molecule has 2 saturated carbocycles. The van der Waals surface area contributed by atoms with E-state index in [1.54, 1.807) is 24.3 Å². The maximum absolute atomic E-state index is 13.3. The van der Waals surface area contributed by atoms with Crippen LogP contribution in [0.4, 0.5) is 13.6 Å². The Morgan fingerprint density at radius 3 is 1.24 bits per heavy atom. The fourth-order valence-electron chi connectivity index (χ4n) is 4.87. The first-order chi connectivity index (χ1) is 17.8. The lowest BCUT2D eigenvalue weighted by Crippen LogP contribution is -2.57. The predicted octanol–water partition coefficient (Wildman–Crippen LogP) is 6.54. The molecule has 0 unspecified atom stereocenters. The van der Waals surface area contributed by atoms with Gasteiger partial charge in [-0.2, -0.15) is 0 Å². The zero-order chi connectivity index (χ0) is 27.2. The molecule has 1 saturated heterocycles. The standard InChI is InChI=1S/C26H26F2N2O3.2C2H6/c27-20-5-1-18(2-6-20)14-25(9-10-25)16-29-22(31)13-23(32)30(24(29)33)17-26(11-12-26)15-19-3-7-21(28)8-4-19;2*1-2/h1-8H,9-17H2;2*1-2H3. The molecular weight excluding hydrogens is 474 g/mol. The Kier molecular flexibility index (Phi) is 9.21. The highest BCUT2D eigenvalue weighted by Crippen LogP contribution is 2.51. The van der Waals surface area contributed by atoms with Crippen LogP contribution >= 0.6 is 0 Å². The van der Waals surface area contributed by atoms with Crippen LogP contribution in [0.3, 0.4) is 0 Å². The van der Waals surface area contributed by atoms with Gasteiger partial charge >= 0.3 is 6.03 Å². The minimum Gasteiger partial charge on any atom is -0.274 e. The third-order valence-corrected chi connectivity index (χ3v) is 7.25. The Balaban J connectivity index is 0.000000907. The first-order valence-electron chi connectivity index (χ1n) is 13.4. The van der Waals surface area contributed by atoms with Gasteiger partial charge in [0.15, 0.2) is 0 Å². The number of carbonyl (C=O) groups excluding carboxylic acids is 3. The second-order valence-electron chi connectivity index (χ2n) is 10.0. The number of imide groups is 2. The molecule has 3 aliphatic rings. The van der Waals surface area contributed by atoms with Crippen LogP contribution in [0.25, 0.3) is 0 Å². The summed E-state index contributed by atoms with van der Waals surface area (Å²) < 4.78 is 26.5. The average Bonchev–Trinajstić information content (AvgIpc) is 3.84. The van der Waals surface area contributed by atoms with Crippen molar-refractivity contribution in [1.29, 1.82) is 0 Å². The number of amides is 4. The number of hydrogen-bond donors (Lipinski definition) is 0. The molecule has 3 fully saturated rings. The topological polar surface area (TPSA) is 57.7 Å². The number of barbiturate groups is 1. The van der Waals surface area contributed by atoms with E-state index in [1.165, 1.54) is 34.1 Å². The molecule has 0 aromatic heterocycles. The second kappa shape index (κ2) is 12.0. The molecule has 5 nitrogen and oxygen atoms in total. The van der Waals surface area contributed by atoms with Crippen molar-refractivity contribution in [3.05, 3.63) is 71.3 Å². The second-order valence-corrected chi connectivity index (χ2v) is 10.0. The van der Waals surface area contributed by atoms with Crippen molar-refractivity contribution in [3.8, 4) is 0 Å². The molecule has 1 aliphatic heterocycles. The van der Waals surface area contributed by atoms with Crippen molar-refractivity contribution < 1.29 is 23.2 Å². The smallest absolute Gasteiger partial charge is 0.274 e. The molecule has 0 bridgehead atoms. The number of benzene rings is 2. The van der Waals surface area contributed by atoms with Crippen LogP contribution in [-0.2, 0) is 22.4 Å². The van der Waals surface area contributed by atoms with Crippen LogP contribution in [0.15, 0.2) is 48.5 Å². The number of carbonyl (C=O) groups is 3. The molecule has 37 heavy (non-hydrogen) atoms. The van der Waals surface area contributed by atoms with Gasteiger partial charge in [0.25, 0.3) is 0 Å². The molecule has 2 aliphatic carbocycles. The predicted molar refractivity (Wildman–Crippen MR) is 140 cm³/mol. The maximum Gasteiger partial charge on any atom is 0.333 e. The fraction of sp³-hybridized carbons (Fsp3) is 0.500. The van der Waals surface area contributed by atoms with Gasteiger partial charge in [-0.1, -0.05) is 52.0 Å². The number of nitrogens with zero attached hydrogens (tertiary/aromatic N) is 2. The summed E-state index contributed by atoms with van der Waals surface area (Å²) in [6.07, 6.45) is 4.53. The lowest BCUT2D eigenvalue weighted by Gasteiger charge is -2.36. The molecule has 5 rings (SSSR count). The maximum atomic E-state index is 13.3.